The summed E-state index contributed by atoms with van der Waals surface area (Å²) in [6, 6.07) is 0. The molecule has 1 heteroatoms. The van der Waals surface area contributed by atoms with E-state index >= 15 is 0 Å². The average Bonchev–Trinajstić information content (AvgIpc) is 3.05. The molecule has 0 bridgehead atoms. The first-order valence-corrected chi connectivity index (χ1v) is 14.5. The van der Waals surface area contributed by atoms with Gasteiger partial charge in [0, 0.05) is 6.61 Å². The maximum absolute atomic E-state index is 9.60. The molecule has 184 valence electrons. The van der Waals surface area contributed by atoms with Crippen LogP contribution < -0.4 is 0 Å². The van der Waals surface area contributed by atoms with E-state index in [2.05, 4.69) is 48.5 Å². The van der Waals surface area contributed by atoms with Crippen molar-refractivity contribution in [2.75, 3.05) is 6.61 Å². The van der Waals surface area contributed by atoms with E-state index in [0.29, 0.717) is 39.6 Å². The molecule has 1 nitrogen and oxygen atoms in total. The molecule has 0 heterocycles. The van der Waals surface area contributed by atoms with Crippen molar-refractivity contribution in [3.8, 4) is 0 Å². The Morgan fingerprint density at radius 3 is 1.97 bits per heavy atom. The Labute approximate surface area is 199 Å². The minimum atomic E-state index is 0.373. The largest absolute Gasteiger partial charge is 0.396 e. The summed E-state index contributed by atoms with van der Waals surface area (Å²) in [6.07, 6.45) is 17.2. The highest BCUT2D eigenvalue weighted by molar-refractivity contribution is 5.19. The van der Waals surface area contributed by atoms with E-state index in [1.807, 2.05) is 0 Å². The first-order chi connectivity index (χ1) is 14.9. The van der Waals surface area contributed by atoms with Gasteiger partial charge in [0.25, 0.3) is 0 Å². The van der Waals surface area contributed by atoms with Crippen molar-refractivity contribution < 1.29 is 5.11 Å². The van der Waals surface area contributed by atoms with Crippen LogP contribution in [0.1, 0.15) is 126 Å². The Bertz CT molecular complexity index is 726. The van der Waals surface area contributed by atoms with Crippen molar-refractivity contribution in [2.45, 2.75) is 126 Å². The first kappa shape index (κ1) is 23.7. The first-order valence-electron chi connectivity index (χ1n) is 14.5. The monoisotopic (exact) mass is 442 g/mol. The van der Waals surface area contributed by atoms with Crippen molar-refractivity contribution in [3.05, 3.63) is 0 Å². The molecule has 0 aromatic heterocycles. The fourth-order valence-corrected chi connectivity index (χ4v) is 12.4. The number of fused-ring (bicyclic) bond motifs is 7. The highest BCUT2D eigenvalue weighted by Crippen LogP contribution is 2.78. The predicted molar refractivity (Wildman–Crippen MR) is 135 cm³/mol. The lowest BCUT2D eigenvalue weighted by Gasteiger charge is -2.73. The Kier molecular flexibility index (Phi) is 5.54. The minimum Gasteiger partial charge on any atom is -0.396 e. The predicted octanol–water partition coefficient (Wildman–Crippen LogP) is 8.50. The van der Waals surface area contributed by atoms with Crippen LogP contribution in [0.5, 0.6) is 0 Å². The lowest BCUT2D eigenvalue weighted by molar-refractivity contribution is -0.241. The van der Waals surface area contributed by atoms with Gasteiger partial charge in [-0.2, -0.15) is 0 Å². The number of hydrogen-bond acceptors (Lipinski definition) is 1. The van der Waals surface area contributed by atoms with Crippen LogP contribution in [0.15, 0.2) is 0 Å². The molecular weight excluding hydrogens is 388 g/mol. The van der Waals surface area contributed by atoms with Gasteiger partial charge in [0.1, 0.15) is 0 Å². The fraction of sp³-hybridized carbons (Fsp3) is 1.00. The quantitative estimate of drug-likeness (QED) is 0.464. The van der Waals surface area contributed by atoms with E-state index in [1.165, 1.54) is 70.6 Å². The van der Waals surface area contributed by atoms with E-state index in [1.54, 1.807) is 0 Å². The summed E-state index contributed by atoms with van der Waals surface area (Å²) in [6.45, 7) is 19.1. The van der Waals surface area contributed by atoms with Crippen LogP contribution in [0.4, 0.5) is 0 Å². The molecule has 5 aliphatic carbocycles. The molecule has 5 aliphatic rings. The summed E-state index contributed by atoms with van der Waals surface area (Å²) in [7, 11) is 0. The molecule has 5 saturated carbocycles. The van der Waals surface area contributed by atoms with Crippen LogP contribution >= 0.6 is 0 Å². The standard InChI is InChI=1S/C31H54O/c1-21(14-20-32)22-11-17-28(4)23(22)12-18-30(6)25(28)9-10-26-29(5)16-8-15-27(2,3)24(29)13-19-31(26,30)7/h21-26,32H,8-20H2,1-7H3/t21?,22-,23+,24+,25-,26-,28+,29+,30-,31-/m1/s1. The van der Waals surface area contributed by atoms with Crippen molar-refractivity contribution in [2.24, 2.45) is 62.6 Å². The molecule has 0 spiro atoms. The zero-order chi connectivity index (χ0) is 23.2. The molecular formula is C31H54O. The van der Waals surface area contributed by atoms with Crippen LogP contribution in [0, 0.1) is 62.6 Å². The topological polar surface area (TPSA) is 20.2 Å². The van der Waals surface area contributed by atoms with Crippen molar-refractivity contribution >= 4 is 0 Å². The van der Waals surface area contributed by atoms with Crippen LogP contribution in [0.3, 0.4) is 0 Å². The summed E-state index contributed by atoms with van der Waals surface area (Å²) >= 11 is 0. The second kappa shape index (κ2) is 7.48. The number of aliphatic hydroxyl groups excluding tert-OH is 1. The van der Waals surface area contributed by atoms with Gasteiger partial charge in [0.05, 0.1) is 0 Å². The molecule has 1 unspecified atom stereocenters. The SMILES string of the molecule is CC(CCO)[C@H]1CC[C@]2(C)[C@H]3CC[C@@H]4[C@@]5(C)CCCC(C)(C)[C@@H]5CC[C@@]4(C)[C@]3(C)CC[C@@H]12. The summed E-state index contributed by atoms with van der Waals surface area (Å²) in [4.78, 5) is 0. The van der Waals surface area contributed by atoms with Crippen molar-refractivity contribution in [1.29, 1.82) is 0 Å². The molecule has 1 N–H and O–H groups in total. The maximum Gasteiger partial charge on any atom is 0.0433 e. The van der Waals surface area contributed by atoms with Gasteiger partial charge in [-0.1, -0.05) is 54.9 Å². The summed E-state index contributed by atoms with van der Waals surface area (Å²) in [5, 5.41) is 9.60. The third-order valence-electron chi connectivity index (χ3n) is 14.1. The number of hydrogen-bond donors (Lipinski definition) is 1. The molecule has 0 aromatic carbocycles. The Hall–Kier alpha value is -0.0400. The molecule has 5 fully saturated rings. The van der Waals surface area contributed by atoms with E-state index in [4.69, 9.17) is 0 Å². The molecule has 0 aromatic rings. The highest BCUT2D eigenvalue weighted by Gasteiger charge is 2.70. The maximum atomic E-state index is 9.60. The van der Waals surface area contributed by atoms with Gasteiger partial charge in [-0.3, -0.25) is 0 Å². The summed E-state index contributed by atoms with van der Waals surface area (Å²) < 4.78 is 0. The molecule has 0 amide bonds. The Morgan fingerprint density at radius 2 is 1.31 bits per heavy atom. The Balaban J connectivity index is 1.48. The van der Waals surface area contributed by atoms with Gasteiger partial charge in [-0.15, -0.1) is 0 Å². The highest BCUT2D eigenvalue weighted by atomic mass is 16.3. The van der Waals surface area contributed by atoms with Gasteiger partial charge in [0.15, 0.2) is 0 Å². The van der Waals surface area contributed by atoms with E-state index in [9.17, 15) is 5.11 Å². The molecule has 0 saturated heterocycles. The van der Waals surface area contributed by atoms with Crippen molar-refractivity contribution in [3.63, 3.8) is 0 Å². The Morgan fingerprint density at radius 1 is 0.688 bits per heavy atom. The minimum absolute atomic E-state index is 0.373. The summed E-state index contributed by atoms with van der Waals surface area (Å²) in [5.74, 6) is 5.24. The second-order valence-corrected chi connectivity index (χ2v) is 15.3. The van der Waals surface area contributed by atoms with Crippen LogP contribution in [-0.2, 0) is 0 Å². The number of aliphatic hydroxyl groups is 1. The molecule has 0 aliphatic heterocycles. The van der Waals surface area contributed by atoms with Gasteiger partial charge in [-0.05, 0) is 133 Å². The van der Waals surface area contributed by atoms with E-state index < -0.39 is 0 Å². The van der Waals surface area contributed by atoms with Gasteiger partial charge in [-0.25, -0.2) is 0 Å². The number of rotatable bonds is 3. The summed E-state index contributed by atoms with van der Waals surface area (Å²) in [5.41, 5.74) is 2.69. The van der Waals surface area contributed by atoms with E-state index in [0.717, 1.165) is 36.0 Å². The van der Waals surface area contributed by atoms with Gasteiger partial charge < -0.3 is 5.11 Å². The molecule has 10 atom stereocenters. The van der Waals surface area contributed by atoms with Crippen LogP contribution in [-0.4, -0.2) is 11.7 Å². The van der Waals surface area contributed by atoms with Crippen LogP contribution in [0.2, 0.25) is 0 Å². The smallest absolute Gasteiger partial charge is 0.0433 e. The third kappa shape index (κ3) is 2.91. The molecule has 32 heavy (non-hydrogen) atoms. The fourth-order valence-electron chi connectivity index (χ4n) is 12.4. The lowest BCUT2D eigenvalue weighted by Crippen LogP contribution is -2.65. The molecule has 0 radical (unpaired) electrons. The van der Waals surface area contributed by atoms with Gasteiger partial charge >= 0.3 is 0 Å². The second-order valence-electron chi connectivity index (χ2n) is 15.3. The van der Waals surface area contributed by atoms with Gasteiger partial charge in [0.2, 0.25) is 0 Å². The average molecular weight is 443 g/mol. The normalized spacial score (nSPS) is 55.3. The van der Waals surface area contributed by atoms with Crippen molar-refractivity contribution in [1.82, 2.24) is 0 Å². The zero-order valence-electron chi connectivity index (χ0n) is 22.6. The lowest BCUT2D eigenvalue weighted by atomic mass is 9.32. The van der Waals surface area contributed by atoms with Crippen LogP contribution in [0.25, 0.3) is 0 Å². The third-order valence-corrected chi connectivity index (χ3v) is 14.1. The zero-order valence-corrected chi connectivity index (χ0v) is 22.6. The molecule has 5 rings (SSSR count). The van der Waals surface area contributed by atoms with E-state index in [-0.39, 0.29) is 0 Å².